The molecule has 3 rings (SSSR count). The molecule has 0 bridgehead atoms. The van der Waals surface area contributed by atoms with Crippen LogP contribution in [0.15, 0.2) is 22.9 Å². The van der Waals surface area contributed by atoms with E-state index in [2.05, 4.69) is 11.1 Å². The standard InChI is InChI=1S/C11H8N2OS2/c12-5-11(6-14-7-11)10-13-8(4-16-10)9-2-1-3-15-9/h1-4H,6-7H2. The monoisotopic (exact) mass is 248 g/mol. The lowest BCUT2D eigenvalue weighted by molar-refractivity contribution is -0.0298. The van der Waals surface area contributed by atoms with Gasteiger partial charge in [0, 0.05) is 5.38 Å². The number of nitrogens with zero attached hydrogens (tertiary/aromatic N) is 2. The van der Waals surface area contributed by atoms with Crippen LogP contribution in [0.3, 0.4) is 0 Å². The maximum atomic E-state index is 9.17. The molecule has 80 valence electrons. The summed E-state index contributed by atoms with van der Waals surface area (Å²) in [6.45, 7) is 0.946. The summed E-state index contributed by atoms with van der Waals surface area (Å²) in [6, 6.07) is 6.36. The summed E-state index contributed by atoms with van der Waals surface area (Å²) in [5.74, 6) is 0. The van der Waals surface area contributed by atoms with E-state index >= 15 is 0 Å². The van der Waals surface area contributed by atoms with Gasteiger partial charge in [-0.1, -0.05) is 6.07 Å². The van der Waals surface area contributed by atoms with E-state index in [4.69, 9.17) is 10.00 Å². The van der Waals surface area contributed by atoms with Crippen molar-refractivity contribution in [3.8, 4) is 16.6 Å². The zero-order chi connectivity index (χ0) is 11.0. The minimum absolute atomic E-state index is 0.473. The van der Waals surface area contributed by atoms with Gasteiger partial charge < -0.3 is 4.74 Å². The van der Waals surface area contributed by atoms with Crippen molar-refractivity contribution < 1.29 is 4.74 Å². The number of hydrogen-bond donors (Lipinski definition) is 0. The zero-order valence-electron chi connectivity index (χ0n) is 8.34. The third-order valence-corrected chi connectivity index (χ3v) is 4.54. The van der Waals surface area contributed by atoms with E-state index < -0.39 is 5.41 Å². The quantitative estimate of drug-likeness (QED) is 0.820. The number of aromatic nitrogens is 1. The normalized spacial score (nSPS) is 17.7. The van der Waals surface area contributed by atoms with Crippen LogP contribution >= 0.6 is 22.7 Å². The minimum atomic E-state index is -0.486. The first-order valence-electron chi connectivity index (χ1n) is 4.83. The lowest BCUT2D eigenvalue weighted by atomic mass is 9.89. The molecule has 0 aliphatic carbocycles. The van der Waals surface area contributed by atoms with Crippen molar-refractivity contribution in [2.75, 3.05) is 13.2 Å². The van der Waals surface area contributed by atoms with Crippen LogP contribution in [0.5, 0.6) is 0 Å². The van der Waals surface area contributed by atoms with Crippen molar-refractivity contribution in [3.05, 3.63) is 27.9 Å². The number of nitriles is 1. The summed E-state index contributed by atoms with van der Waals surface area (Å²) in [4.78, 5) is 5.69. The minimum Gasteiger partial charge on any atom is -0.377 e. The predicted molar refractivity (Wildman–Crippen MR) is 63.5 cm³/mol. The van der Waals surface area contributed by atoms with Gasteiger partial charge in [0.15, 0.2) is 5.41 Å². The molecule has 1 saturated heterocycles. The Morgan fingerprint density at radius 3 is 2.88 bits per heavy atom. The number of rotatable bonds is 2. The van der Waals surface area contributed by atoms with Crippen LogP contribution in [0.2, 0.25) is 0 Å². The maximum Gasteiger partial charge on any atom is 0.155 e. The first-order chi connectivity index (χ1) is 7.84. The SMILES string of the molecule is N#CC1(c2nc(-c3cccs3)cs2)COC1. The van der Waals surface area contributed by atoms with E-state index in [1.54, 1.807) is 22.7 Å². The molecule has 0 saturated carbocycles. The van der Waals surface area contributed by atoms with Crippen LogP contribution in [0, 0.1) is 11.3 Å². The lowest BCUT2D eigenvalue weighted by Gasteiger charge is -2.32. The molecule has 1 aliphatic heterocycles. The highest BCUT2D eigenvalue weighted by Crippen LogP contribution is 2.36. The molecule has 0 aromatic carbocycles. The van der Waals surface area contributed by atoms with Crippen molar-refractivity contribution in [3.63, 3.8) is 0 Å². The molecule has 3 heterocycles. The Morgan fingerprint density at radius 2 is 2.31 bits per heavy atom. The highest BCUT2D eigenvalue weighted by Gasteiger charge is 2.43. The first-order valence-corrected chi connectivity index (χ1v) is 6.59. The predicted octanol–water partition coefficient (Wildman–Crippen LogP) is 2.66. The average molecular weight is 248 g/mol. The van der Waals surface area contributed by atoms with Gasteiger partial charge in [-0.25, -0.2) is 4.98 Å². The molecular weight excluding hydrogens is 240 g/mol. The summed E-state index contributed by atoms with van der Waals surface area (Å²) in [5, 5.41) is 14.1. The van der Waals surface area contributed by atoms with Crippen LogP contribution in [0.4, 0.5) is 0 Å². The fourth-order valence-electron chi connectivity index (χ4n) is 1.57. The van der Waals surface area contributed by atoms with E-state index in [1.807, 2.05) is 22.9 Å². The van der Waals surface area contributed by atoms with Gasteiger partial charge in [-0.05, 0) is 11.4 Å². The Morgan fingerprint density at radius 1 is 1.44 bits per heavy atom. The second-order valence-corrected chi connectivity index (χ2v) is 5.51. The third-order valence-electron chi connectivity index (χ3n) is 2.60. The number of ether oxygens (including phenoxy) is 1. The van der Waals surface area contributed by atoms with Gasteiger partial charge >= 0.3 is 0 Å². The van der Waals surface area contributed by atoms with Gasteiger partial charge in [-0.2, -0.15) is 5.26 Å². The van der Waals surface area contributed by atoms with Crippen LogP contribution in [0.1, 0.15) is 5.01 Å². The Labute approximate surface area is 101 Å². The van der Waals surface area contributed by atoms with Gasteiger partial charge in [0.2, 0.25) is 0 Å². The maximum absolute atomic E-state index is 9.17. The molecule has 0 amide bonds. The smallest absolute Gasteiger partial charge is 0.155 e. The van der Waals surface area contributed by atoms with Gasteiger partial charge in [0.25, 0.3) is 0 Å². The van der Waals surface area contributed by atoms with Gasteiger partial charge in [0.05, 0.1) is 29.9 Å². The number of thiophene rings is 1. The van der Waals surface area contributed by atoms with Crippen LogP contribution in [0.25, 0.3) is 10.6 Å². The van der Waals surface area contributed by atoms with Crippen molar-refractivity contribution in [1.82, 2.24) is 4.98 Å². The lowest BCUT2D eigenvalue weighted by Crippen LogP contribution is -2.45. The molecule has 16 heavy (non-hydrogen) atoms. The Hall–Kier alpha value is -1.22. The second-order valence-electron chi connectivity index (χ2n) is 3.70. The van der Waals surface area contributed by atoms with Gasteiger partial charge in [-0.3, -0.25) is 0 Å². The summed E-state index contributed by atoms with van der Waals surface area (Å²) in [6.07, 6.45) is 0. The van der Waals surface area contributed by atoms with Gasteiger partial charge in [-0.15, -0.1) is 22.7 Å². The molecule has 0 spiro atoms. The summed E-state index contributed by atoms with van der Waals surface area (Å²) in [7, 11) is 0. The molecule has 1 aliphatic rings. The highest BCUT2D eigenvalue weighted by atomic mass is 32.1. The third kappa shape index (κ3) is 1.39. The van der Waals surface area contributed by atoms with Crippen LogP contribution in [-0.4, -0.2) is 18.2 Å². The molecule has 0 N–H and O–H groups in total. The largest absolute Gasteiger partial charge is 0.377 e. The van der Waals surface area contributed by atoms with Crippen molar-refractivity contribution >= 4 is 22.7 Å². The second kappa shape index (κ2) is 3.67. The topological polar surface area (TPSA) is 45.9 Å². The fourth-order valence-corrected chi connectivity index (χ4v) is 3.28. The van der Waals surface area contributed by atoms with E-state index in [0.29, 0.717) is 13.2 Å². The molecule has 0 atom stereocenters. The molecule has 2 aromatic heterocycles. The number of thiazole rings is 1. The molecule has 2 aromatic rings. The van der Waals surface area contributed by atoms with Crippen molar-refractivity contribution in [2.24, 2.45) is 0 Å². The molecular formula is C11H8N2OS2. The molecule has 0 radical (unpaired) electrons. The summed E-state index contributed by atoms with van der Waals surface area (Å²) in [5.41, 5.74) is 0.483. The Bertz CT molecular complexity index is 535. The average Bonchev–Trinajstić information content (AvgIpc) is 2.86. The number of hydrogen-bond acceptors (Lipinski definition) is 5. The van der Waals surface area contributed by atoms with Crippen LogP contribution in [-0.2, 0) is 10.2 Å². The summed E-state index contributed by atoms with van der Waals surface area (Å²) >= 11 is 3.21. The Balaban J connectivity index is 1.97. The van der Waals surface area contributed by atoms with E-state index in [-0.39, 0.29) is 0 Å². The van der Waals surface area contributed by atoms with Crippen LogP contribution < -0.4 is 0 Å². The van der Waals surface area contributed by atoms with Crippen molar-refractivity contribution in [1.29, 1.82) is 5.26 Å². The highest BCUT2D eigenvalue weighted by molar-refractivity contribution is 7.14. The van der Waals surface area contributed by atoms with E-state index in [0.717, 1.165) is 15.6 Å². The fraction of sp³-hybridized carbons (Fsp3) is 0.273. The molecule has 0 unspecified atom stereocenters. The van der Waals surface area contributed by atoms with Gasteiger partial charge in [0.1, 0.15) is 5.01 Å². The van der Waals surface area contributed by atoms with E-state index in [9.17, 15) is 0 Å². The first kappa shape index (κ1) is 9.97. The molecule has 3 nitrogen and oxygen atoms in total. The van der Waals surface area contributed by atoms with E-state index in [1.165, 1.54) is 0 Å². The van der Waals surface area contributed by atoms with Crippen molar-refractivity contribution in [2.45, 2.75) is 5.41 Å². The molecule has 5 heteroatoms. The molecule has 1 fully saturated rings. The Kier molecular flexibility index (Phi) is 2.28. The zero-order valence-corrected chi connectivity index (χ0v) is 9.98. The summed E-state index contributed by atoms with van der Waals surface area (Å²) < 4.78 is 5.13.